The summed E-state index contributed by atoms with van der Waals surface area (Å²) in [6.45, 7) is 8.77. The monoisotopic (exact) mass is 1130 g/mol. The van der Waals surface area contributed by atoms with Crippen molar-refractivity contribution in [1.29, 1.82) is 0 Å². The van der Waals surface area contributed by atoms with E-state index in [0.717, 1.165) is 12.8 Å². The number of pyridine rings is 2. The number of carbonyl (C=O) groups is 2. The van der Waals surface area contributed by atoms with Crippen molar-refractivity contribution in [2.45, 2.75) is 68.7 Å². The summed E-state index contributed by atoms with van der Waals surface area (Å²) in [5.41, 5.74) is 2.96. The first-order valence-corrected chi connectivity index (χ1v) is 26.8. The molecule has 0 radical (unpaired) electrons. The lowest BCUT2D eigenvalue weighted by molar-refractivity contribution is -0.118. The van der Waals surface area contributed by atoms with E-state index >= 15 is 8.78 Å². The Kier molecular flexibility index (Phi) is 15.7. The maximum absolute atomic E-state index is 16.9. The summed E-state index contributed by atoms with van der Waals surface area (Å²) in [6, 6.07) is 4.75. The zero-order valence-corrected chi connectivity index (χ0v) is 45.4. The van der Waals surface area contributed by atoms with E-state index in [4.69, 9.17) is 76.7 Å². The predicted molar refractivity (Wildman–Crippen MR) is 295 cm³/mol. The largest absolute Gasteiger partial charge is 0.495 e. The highest BCUT2D eigenvalue weighted by atomic mass is 35.5. The first-order valence-electron chi connectivity index (χ1n) is 26.1. The van der Waals surface area contributed by atoms with Gasteiger partial charge in [0.25, 0.3) is 0 Å². The lowest BCUT2D eigenvalue weighted by Gasteiger charge is -2.32. The zero-order valence-electron chi connectivity index (χ0n) is 43.9. The highest BCUT2D eigenvalue weighted by Gasteiger charge is 2.41. The summed E-state index contributed by atoms with van der Waals surface area (Å²) in [7, 11) is 4.27. The molecule has 7 aromatic rings. The third-order valence-electron chi connectivity index (χ3n) is 14.7. The molecular weight excluding hydrogens is 1080 g/mol. The van der Waals surface area contributed by atoms with Crippen molar-refractivity contribution in [3.8, 4) is 56.8 Å². The number of benzene rings is 2. The normalized spacial score (nSPS) is 20.6. The lowest BCUT2D eigenvalue weighted by Crippen LogP contribution is -2.52. The minimum absolute atomic E-state index is 0.0372. The Bertz CT molecular complexity index is 3540. The van der Waals surface area contributed by atoms with Crippen molar-refractivity contribution in [2.75, 3.05) is 65.0 Å². The molecular formula is C56H56Cl2F2N12O8. The Labute approximate surface area is 468 Å². The molecule has 80 heavy (non-hydrogen) atoms. The van der Waals surface area contributed by atoms with E-state index in [1.165, 1.54) is 39.5 Å². The fourth-order valence-electron chi connectivity index (χ4n) is 10.2. The Morgan fingerprint density at radius 1 is 0.713 bits per heavy atom. The molecule has 6 atom stereocenters. The third kappa shape index (κ3) is 11.2. The van der Waals surface area contributed by atoms with Crippen LogP contribution in [0, 0.1) is 23.5 Å². The molecule has 0 spiro atoms. The minimum atomic E-state index is -0.939. The van der Waals surface area contributed by atoms with Gasteiger partial charge in [0.15, 0.2) is 23.1 Å². The molecule has 4 aliphatic rings. The predicted octanol–water partition coefficient (Wildman–Crippen LogP) is 8.51. The van der Waals surface area contributed by atoms with E-state index in [1.54, 1.807) is 41.5 Å². The van der Waals surface area contributed by atoms with Crippen molar-refractivity contribution in [3.63, 3.8) is 0 Å². The van der Waals surface area contributed by atoms with Gasteiger partial charge in [0, 0.05) is 71.8 Å². The minimum Gasteiger partial charge on any atom is -0.495 e. The number of fused-ring (bicyclic) bond motifs is 2. The van der Waals surface area contributed by atoms with Crippen LogP contribution in [0.5, 0.6) is 23.0 Å². The summed E-state index contributed by atoms with van der Waals surface area (Å²) >= 11 is 13.9. The van der Waals surface area contributed by atoms with E-state index in [2.05, 4.69) is 44.4 Å². The average Bonchev–Trinajstić information content (AvgIpc) is 4.50. The van der Waals surface area contributed by atoms with Gasteiger partial charge in [-0.2, -0.15) is 5.10 Å². The van der Waals surface area contributed by atoms with Crippen LogP contribution in [0.2, 0.25) is 10.0 Å². The molecule has 20 nitrogen and oxygen atoms in total. The standard InChI is InChI=1S/C56H56Cl2F2N12O8/c1-6-44(73)65-32-10-12-78-25-37(32)68-55-61-20-28-15-35(64-36(52(28)70-55)14-27-8-9-27)47-50(59)42(77-5)19-43(51(47)60)80-24-30-17-39(30)72-23-31(22-63-72)54-53-29(16-34(67-54)46-48(57)40(75-3)18-41(76-4)49(46)58)21-62-56(71-53)69-38-26-79-13-11-33(38)66-45(74)7-2/h6-7,15-16,18-23,27,30,32-33,37-39H,1-2,8-14,17,24-26H2,3-5H3,(H,65,73)(H,66,74)(H,61,68,70)(H,62,69,71)/t30?,32-,33-,37+,38+,39?/m0/s1. The molecule has 2 saturated carbocycles. The highest BCUT2D eigenvalue weighted by Crippen LogP contribution is 2.48. The van der Waals surface area contributed by atoms with E-state index in [0.29, 0.717) is 125 Å². The van der Waals surface area contributed by atoms with Gasteiger partial charge >= 0.3 is 0 Å². The Morgan fingerprint density at radius 2 is 1.27 bits per heavy atom. The van der Waals surface area contributed by atoms with Crippen LogP contribution in [0.15, 0.2) is 74.4 Å². The quantitative estimate of drug-likeness (QED) is 0.0524. The van der Waals surface area contributed by atoms with Gasteiger partial charge in [0.05, 0.1) is 116 Å². The zero-order chi connectivity index (χ0) is 55.8. The Hall–Kier alpha value is -7.79. The summed E-state index contributed by atoms with van der Waals surface area (Å²) < 4.78 is 69.4. The second-order valence-corrected chi connectivity index (χ2v) is 20.8. The maximum atomic E-state index is 16.9. The number of anilines is 2. The van der Waals surface area contributed by atoms with Gasteiger partial charge in [0.1, 0.15) is 22.7 Å². The van der Waals surface area contributed by atoms with Gasteiger partial charge in [-0.3, -0.25) is 19.3 Å². The van der Waals surface area contributed by atoms with Crippen molar-refractivity contribution in [3.05, 3.63) is 102 Å². The summed E-state index contributed by atoms with van der Waals surface area (Å²) in [5, 5.41) is 18.9. The topological polar surface area (TPSA) is 233 Å². The number of nitrogens with one attached hydrogen (secondary N) is 4. The van der Waals surface area contributed by atoms with Gasteiger partial charge in [-0.1, -0.05) is 36.4 Å². The molecule has 4 fully saturated rings. The lowest BCUT2D eigenvalue weighted by atomic mass is 10.0. The van der Waals surface area contributed by atoms with Crippen LogP contribution in [-0.4, -0.2) is 130 Å². The average molecular weight is 1130 g/mol. The molecule has 2 unspecified atom stereocenters. The molecule has 2 amide bonds. The van der Waals surface area contributed by atoms with Gasteiger partial charge in [-0.05, 0) is 68.7 Å². The van der Waals surface area contributed by atoms with E-state index in [9.17, 15) is 9.59 Å². The number of rotatable bonds is 20. The van der Waals surface area contributed by atoms with E-state index < -0.39 is 17.2 Å². The van der Waals surface area contributed by atoms with Gasteiger partial charge in [-0.25, -0.2) is 33.7 Å². The van der Waals surface area contributed by atoms with Crippen molar-refractivity contribution >= 4 is 68.7 Å². The number of hydrogen-bond acceptors (Lipinski definition) is 17. The van der Waals surface area contributed by atoms with Crippen LogP contribution in [-0.2, 0) is 25.5 Å². The van der Waals surface area contributed by atoms with Gasteiger partial charge < -0.3 is 49.7 Å². The maximum Gasteiger partial charge on any atom is 0.243 e. The summed E-state index contributed by atoms with van der Waals surface area (Å²) in [4.78, 5) is 53.5. The molecule has 416 valence electrons. The number of carbonyl (C=O) groups excluding carboxylic acids is 2. The molecule has 4 N–H and O–H groups in total. The number of ether oxygens (including phenoxy) is 6. The molecule has 7 heterocycles. The van der Waals surface area contributed by atoms with Crippen LogP contribution in [0.1, 0.15) is 43.8 Å². The van der Waals surface area contributed by atoms with E-state index in [1.807, 2.05) is 6.20 Å². The summed E-state index contributed by atoms with van der Waals surface area (Å²) in [6.07, 6.45) is 13.5. The fraction of sp³-hybridized carbons (Fsp3) is 0.375. The first kappa shape index (κ1) is 54.2. The molecule has 24 heteroatoms. The van der Waals surface area contributed by atoms with Crippen LogP contribution >= 0.6 is 23.2 Å². The van der Waals surface area contributed by atoms with Crippen LogP contribution in [0.25, 0.3) is 55.6 Å². The van der Waals surface area contributed by atoms with Gasteiger partial charge in [-0.15, -0.1) is 0 Å². The van der Waals surface area contributed by atoms with Crippen LogP contribution in [0.4, 0.5) is 20.7 Å². The smallest absolute Gasteiger partial charge is 0.243 e. The van der Waals surface area contributed by atoms with E-state index in [-0.39, 0.29) is 87.7 Å². The number of hydrogen-bond donors (Lipinski definition) is 4. The van der Waals surface area contributed by atoms with Gasteiger partial charge in [0.2, 0.25) is 23.7 Å². The SMILES string of the molecule is C=CC(=O)N[C@H]1CCOC[C@H]1Nc1ncc2cc(-c3c(F)c(OC)cc(OCC4CC4n4cc(-c5nc(-c6c(Cl)c(OC)cc(OC)c6Cl)cc6cnc(N[C@@H]7COCC[C@@H]7NC(=O)C=C)nc56)cn4)c3F)nc(CC3CC3)c2n1. The number of aromatic nitrogens is 8. The second-order valence-electron chi connectivity index (χ2n) is 20.0. The Balaban J connectivity index is 0.866. The Morgan fingerprint density at radius 3 is 1.86 bits per heavy atom. The molecule has 2 aliphatic carbocycles. The fourth-order valence-corrected chi connectivity index (χ4v) is 10.8. The first-order chi connectivity index (χ1) is 38.8. The van der Waals surface area contributed by atoms with Crippen molar-refractivity contribution < 1.29 is 46.8 Å². The second kappa shape index (κ2) is 23.1. The molecule has 2 aromatic carbocycles. The van der Waals surface area contributed by atoms with Crippen molar-refractivity contribution in [2.24, 2.45) is 11.8 Å². The summed E-state index contributed by atoms with van der Waals surface area (Å²) in [5.74, 6) is -1.48. The van der Waals surface area contributed by atoms with Crippen LogP contribution < -0.4 is 40.2 Å². The number of nitrogens with zero attached hydrogens (tertiary/aromatic N) is 8. The molecule has 0 bridgehead atoms. The number of amides is 2. The van der Waals surface area contributed by atoms with Crippen molar-refractivity contribution in [1.82, 2.24) is 50.3 Å². The molecule has 2 saturated heterocycles. The number of halogens is 4. The highest BCUT2D eigenvalue weighted by molar-refractivity contribution is 6.41. The molecule has 2 aliphatic heterocycles. The molecule has 11 rings (SSSR count). The third-order valence-corrected chi connectivity index (χ3v) is 15.5. The van der Waals surface area contributed by atoms with Crippen LogP contribution in [0.3, 0.4) is 0 Å². The number of methoxy groups -OCH3 is 3. The molecule has 5 aromatic heterocycles.